The van der Waals surface area contributed by atoms with Gasteiger partial charge < -0.3 is 4.74 Å². The van der Waals surface area contributed by atoms with E-state index in [1.54, 1.807) is 23.1 Å². The fourth-order valence-electron chi connectivity index (χ4n) is 3.64. The van der Waals surface area contributed by atoms with Gasteiger partial charge in [0.1, 0.15) is 9.88 Å². The van der Waals surface area contributed by atoms with E-state index in [1.807, 2.05) is 24.6 Å². The molecule has 0 saturated heterocycles. The van der Waals surface area contributed by atoms with Crippen molar-refractivity contribution in [3.05, 3.63) is 67.9 Å². The van der Waals surface area contributed by atoms with Gasteiger partial charge in [0.05, 0.1) is 17.0 Å². The summed E-state index contributed by atoms with van der Waals surface area (Å²) in [5, 5.41) is 2.98. The molecule has 1 atom stereocenters. The SMILES string of the molecule is COC(=O)c1cc(-c2csc(C3(c4cc(C)c(C)cc4C)C=CC=N3)n2)c(SC)s1. The van der Waals surface area contributed by atoms with Crippen LogP contribution < -0.4 is 0 Å². The first kappa shape index (κ1) is 21.0. The second-order valence-corrected chi connectivity index (χ2v) is 10.2. The number of rotatable bonds is 5. The third-order valence-corrected chi connectivity index (χ3v) is 8.55. The highest BCUT2D eigenvalue weighted by Gasteiger charge is 2.37. The molecule has 2 aromatic heterocycles. The normalized spacial score (nSPS) is 17.6. The zero-order valence-electron chi connectivity index (χ0n) is 17.5. The molecule has 1 aliphatic heterocycles. The molecule has 0 amide bonds. The van der Waals surface area contributed by atoms with E-state index in [2.05, 4.69) is 44.4 Å². The highest BCUT2D eigenvalue weighted by atomic mass is 32.2. The van der Waals surface area contributed by atoms with Gasteiger partial charge in [0.15, 0.2) is 5.54 Å². The maximum Gasteiger partial charge on any atom is 0.348 e. The zero-order valence-corrected chi connectivity index (χ0v) is 19.9. The molecule has 1 aliphatic rings. The smallest absolute Gasteiger partial charge is 0.348 e. The van der Waals surface area contributed by atoms with Crippen LogP contribution in [0.15, 0.2) is 44.9 Å². The van der Waals surface area contributed by atoms with E-state index in [0.29, 0.717) is 4.88 Å². The molecular weight excluding hydrogens is 432 g/mol. The molecule has 0 bridgehead atoms. The summed E-state index contributed by atoms with van der Waals surface area (Å²) in [5.41, 5.74) is 6.10. The summed E-state index contributed by atoms with van der Waals surface area (Å²) < 4.78 is 5.95. The van der Waals surface area contributed by atoms with Crippen LogP contribution in [0.3, 0.4) is 0 Å². The largest absolute Gasteiger partial charge is 0.465 e. The molecule has 0 radical (unpaired) electrons. The number of methoxy groups -OCH3 is 1. The van der Waals surface area contributed by atoms with Gasteiger partial charge >= 0.3 is 5.97 Å². The average molecular weight is 455 g/mol. The van der Waals surface area contributed by atoms with Crippen molar-refractivity contribution in [3.8, 4) is 11.3 Å². The average Bonchev–Trinajstić information content (AvgIpc) is 3.48. The Morgan fingerprint density at radius 3 is 2.57 bits per heavy atom. The number of carbonyl (C=O) groups excluding carboxylic acids is 1. The van der Waals surface area contributed by atoms with Crippen molar-refractivity contribution in [2.45, 2.75) is 30.5 Å². The molecule has 7 heteroatoms. The second-order valence-electron chi connectivity index (χ2n) is 7.20. The molecule has 30 heavy (non-hydrogen) atoms. The first-order valence-electron chi connectivity index (χ1n) is 9.43. The summed E-state index contributed by atoms with van der Waals surface area (Å²) in [4.78, 5) is 22.5. The van der Waals surface area contributed by atoms with Crippen LogP contribution in [0.1, 0.15) is 36.9 Å². The third-order valence-electron chi connectivity index (χ3n) is 5.33. The molecular formula is C23H22N2O2S3. The van der Waals surface area contributed by atoms with E-state index < -0.39 is 5.54 Å². The van der Waals surface area contributed by atoms with Crippen LogP contribution in [0, 0.1) is 20.8 Å². The summed E-state index contributed by atoms with van der Waals surface area (Å²) in [6, 6.07) is 6.32. The monoisotopic (exact) mass is 454 g/mol. The Hall–Kier alpha value is -2.22. The van der Waals surface area contributed by atoms with Gasteiger partial charge in [0, 0.05) is 17.2 Å². The van der Waals surface area contributed by atoms with Gasteiger partial charge in [-0.3, -0.25) is 4.99 Å². The van der Waals surface area contributed by atoms with Crippen LogP contribution in [0.4, 0.5) is 0 Å². The number of aromatic nitrogens is 1. The summed E-state index contributed by atoms with van der Waals surface area (Å²) in [5.74, 6) is -0.317. The predicted molar refractivity (Wildman–Crippen MR) is 128 cm³/mol. The van der Waals surface area contributed by atoms with Crippen molar-refractivity contribution in [3.63, 3.8) is 0 Å². The molecule has 1 unspecified atom stereocenters. The minimum absolute atomic E-state index is 0.317. The Labute approximate surface area is 188 Å². The number of hydrogen-bond acceptors (Lipinski definition) is 7. The highest BCUT2D eigenvalue weighted by molar-refractivity contribution is 8.00. The number of thiazole rings is 1. The maximum absolute atomic E-state index is 12.0. The molecule has 154 valence electrons. The number of thiophene rings is 1. The van der Waals surface area contributed by atoms with E-state index >= 15 is 0 Å². The van der Waals surface area contributed by atoms with Crippen LogP contribution in [0.5, 0.6) is 0 Å². The molecule has 0 saturated carbocycles. The number of hydrogen-bond donors (Lipinski definition) is 0. The van der Waals surface area contributed by atoms with Crippen molar-refractivity contribution in [1.29, 1.82) is 0 Å². The standard InChI is InChI=1S/C23H22N2O2S3/c1-13-9-15(3)17(10-14(13)2)23(7-6-8-24-23)22-25-18(12-29-22)16-11-19(20(26)27-4)30-21(16)28-5/h6-12H,1-5H3. The number of aliphatic imine (C=N–C) groups is 1. The van der Waals surface area contributed by atoms with Crippen LogP contribution in [0.2, 0.25) is 0 Å². The lowest BCUT2D eigenvalue weighted by atomic mass is 9.86. The van der Waals surface area contributed by atoms with Gasteiger partial charge in [-0.25, -0.2) is 9.78 Å². The third kappa shape index (κ3) is 3.45. The van der Waals surface area contributed by atoms with E-state index in [-0.39, 0.29) is 5.97 Å². The van der Waals surface area contributed by atoms with Gasteiger partial charge in [0.25, 0.3) is 0 Å². The molecule has 3 heterocycles. The molecule has 0 aliphatic carbocycles. The minimum atomic E-state index is -0.605. The lowest BCUT2D eigenvalue weighted by molar-refractivity contribution is 0.0606. The Balaban J connectivity index is 1.82. The molecule has 4 rings (SSSR count). The van der Waals surface area contributed by atoms with Crippen molar-refractivity contribution in [2.24, 2.45) is 4.99 Å². The number of esters is 1. The molecule has 0 N–H and O–H groups in total. The molecule has 0 fully saturated rings. The highest BCUT2D eigenvalue weighted by Crippen LogP contribution is 2.44. The molecule has 3 aromatic rings. The number of carbonyl (C=O) groups is 1. The number of thioether (sulfide) groups is 1. The van der Waals surface area contributed by atoms with Crippen molar-refractivity contribution < 1.29 is 9.53 Å². The van der Waals surface area contributed by atoms with Gasteiger partial charge in [-0.2, -0.15) is 0 Å². The Kier molecular flexibility index (Phi) is 5.70. The van der Waals surface area contributed by atoms with Gasteiger partial charge in [-0.1, -0.05) is 12.1 Å². The number of nitrogens with zero attached hydrogens (tertiary/aromatic N) is 2. The number of aryl methyl sites for hydroxylation is 3. The quantitative estimate of drug-likeness (QED) is 0.341. The number of allylic oxidation sites excluding steroid dienone is 1. The first-order chi connectivity index (χ1) is 14.4. The summed E-state index contributed by atoms with van der Waals surface area (Å²) >= 11 is 4.65. The fraction of sp³-hybridized carbons (Fsp3) is 0.261. The van der Waals surface area contributed by atoms with Crippen molar-refractivity contribution >= 4 is 46.6 Å². The number of benzene rings is 1. The first-order valence-corrected chi connectivity index (χ1v) is 12.4. The number of ether oxygens (including phenoxy) is 1. The lowest BCUT2D eigenvalue weighted by Crippen LogP contribution is -2.22. The Morgan fingerprint density at radius 2 is 1.90 bits per heavy atom. The summed E-state index contributed by atoms with van der Waals surface area (Å²) in [6.07, 6.45) is 7.97. The molecule has 0 spiro atoms. The summed E-state index contributed by atoms with van der Waals surface area (Å²) in [6.45, 7) is 6.40. The van der Waals surface area contributed by atoms with E-state index in [9.17, 15) is 4.79 Å². The van der Waals surface area contributed by atoms with Crippen molar-refractivity contribution in [2.75, 3.05) is 13.4 Å². The topological polar surface area (TPSA) is 51.5 Å². The van der Waals surface area contributed by atoms with E-state index in [1.165, 1.54) is 35.1 Å². The predicted octanol–water partition coefficient (Wildman–Crippen LogP) is 6.19. The molecule has 1 aromatic carbocycles. The van der Waals surface area contributed by atoms with Gasteiger partial charge in [0.2, 0.25) is 0 Å². The van der Waals surface area contributed by atoms with E-state index in [4.69, 9.17) is 14.7 Å². The Morgan fingerprint density at radius 1 is 1.13 bits per heavy atom. The summed E-state index contributed by atoms with van der Waals surface area (Å²) in [7, 11) is 1.40. The maximum atomic E-state index is 12.0. The van der Waals surface area contributed by atoms with Crippen LogP contribution >= 0.6 is 34.4 Å². The van der Waals surface area contributed by atoms with Crippen LogP contribution in [0.25, 0.3) is 11.3 Å². The lowest BCUT2D eigenvalue weighted by Gasteiger charge is -2.25. The van der Waals surface area contributed by atoms with Crippen LogP contribution in [-0.4, -0.2) is 30.5 Å². The van der Waals surface area contributed by atoms with E-state index in [0.717, 1.165) is 26.0 Å². The van der Waals surface area contributed by atoms with Crippen molar-refractivity contribution in [1.82, 2.24) is 4.98 Å². The van der Waals surface area contributed by atoms with Crippen LogP contribution in [-0.2, 0) is 10.3 Å². The molecule has 4 nitrogen and oxygen atoms in total. The fourth-order valence-corrected chi connectivity index (χ4v) is 6.40. The minimum Gasteiger partial charge on any atom is -0.465 e. The zero-order chi connectivity index (χ0) is 21.5. The second kappa shape index (κ2) is 8.13. The van der Waals surface area contributed by atoms with Gasteiger partial charge in [-0.05, 0) is 67.5 Å². The van der Waals surface area contributed by atoms with Gasteiger partial charge in [-0.15, -0.1) is 34.4 Å². The Bertz CT molecular complexity index is 1180.